The van der Waals surface area contributed by atoms with Crippen molar-refractivity contribution >= 4 is 22.8 Å². The van der Waals surface area contributed by atoms with Gasteiger partial charge in [0.1, 0.15) is 0 Å². The van der Waals surface area contributed by atoms with Crippen molar-refractivity contribution in [1.29, 1.82) is 0 Å². The predicted octanol–water partition coefficient (Wildman–Crippen LogP) is 1.58. The molecule has 0 unspecified atom stereocenters. The van der Waals surface area contributed by atoms with Crippen LogP contribution in [0.3, 0.4) is 0 Å². The number of fused-ring (bicyclic) bond motifs is 1. The van der Waals surface area contributed by atoms with Gasteiger partial charge in [-0.1, -0.05) is 24.3 Å². The Balaban J connectivity index is 1.95. The number of primary amides is 1. The predicted molar refractivity (Wildman–Crippen MR) is 74.8 cm³/mol. The zero-order chi connectivity index (χ0) is 14.5. The normalized spacial score (nSPS) is 12.1. The van der Waals surface area contributed by atoms with Gasteiger partial charge in [0, 0.05) is 17.5 Å². The summed E-state index contributed by atoms with van der Waals surface area (Å²) in [6.45, 7) is 1.45. The van der Waals surface area contributed by atoms with Crippen molar-refractivity contribution in [2.75, 3.05) is 0 Å². The first-order valence-electron chi connectivity index (χ1n) is 6.40. The number of esters is 1. The maximum atomic E-state index is 11.5. The van der Waals surface area contributed by atoms with Crippen LogP contribution < -0.4 is 5.73 Å². The number of aromatic nitrogens is 1. The quantitative estimate of drug-likeness (QED) is 0.838. The fraction of sp³-hybridized carbons (Fsp3) is 0.267. The van der Waals surface area contributed by atoms with E-state index in [0.29, 0.717) is 6.42 Å². The molecule has 0 fully saturated rings. The molecule has 104 valence electrons. The number of carbonyl (C=O) groups excluding carboxylic acids is 2. The van der Waals surface area contributed by atoms with Crippen LogP contribution in [-0.2, 0) is 20.7 Å². The molecule has 2 N–H and O–H groups in total. The Morgan fingerprint density at radius 3 is 2.75 bits per heavy atom. The lowest BCUT2D eigenvalue weighted by atomic mass is 10.1. The maximum Gasteiger partial charge on any atom is 0.306 e. The Bertz CT molecular complexity index is 640. The molecule has 0 spiro atoms. The highest BCUT2D eigenvalue weighted by atomic mass is 16.5. The van der Waals surface area contributed by atoms with Crippen LogP contribution in [0, 0.1) is 0 Å². The Hall–Kier alpha value is -2.43. The topological polar surface area (TPSA) is 82.3 Å². The number of amides is 1. The molecule has 0 aliphatic heterocycles. The number of benzene rings is 1. The molecule has 5 heteroatoms. The number of aryl methyl sites for hydroxylation is 1. The highest BCUT2D eigenvalue weighted by Crippen LogP contribution is 2.13. The number of hydrogen-bond acceptors (Lipinski definition) is 4. The van der Waals surface area contributed by atoms with E-state index >= 15 is 0 Å². The van der Waals surface area contributed by atoms with Gasteiger partial charge in [0.15, 0.2) is 6.10 Å². The Kier molecular flexibility index (Phi) is 4.30. The van der Waals surface area contributed by atoms with Crippen LogP contribution in [0.25, 0.3) is 10.9 Å². The maximum absolute atomic E-state index is 11.5. The highest BCUT2D eigenvalue weighted by Gasteiger charge is 2.14. The number of carbonyl (C=O) groups is 2. The van der Waals surface area contributed by atoms with Gasteiger partial charge in [-0.05, 0) is 19.1 Å². The molecule has 1 aromatic heterocycles. The van der Waals surface area contributed by atoms with E-state index in [1.807, 2.05) is 36.4 Å². The molecule has 1 heterocycles. The van der Waals surface area contributed by atoms with Crippen molar-refractivity contribution in [2.45, 2.75) is 25.9 Å². The van der Waals surface area contributed by atoms with Crippen molar-refractivity contribution in [3.8, 4) is 0 Å². The fourth-order valence-electron chi connectivity index (χ4n) is 1.79. The second kappa shape index (κ2) is 6.14. The second-order valence-electron chi connectivity index (χ2n) is 4.53. The lowest BCUT2D eigenvalue weighted by molar-refractivity contribution is -0.153. The molecule has 0 saturated heterocycles. The molecule has 0 radical (unpaired) electrons. The first-order valence-corrected chi connectivity index (χ1v) is 6.40. The van der Waals surface area contributed by atoms with E-state index in [-0.39, 0.29) is 6.42 Å². The smallest absolute Gasteiger partial charge is 0.306 e. The molecule has 1 amide bonds. The van der Waals surface area contributed by atoms with Crippen molar-refractivity contribution in [1.82, 2.24) is 4.98 Å². The largest absolute Gasteiger partial charge is 0.453 e. The minimum absolute atomic E-state index is 0.170. The standard InChI is InChI=1S/C15H16N2O3/c1-10(15(16)19)20-14(18)9-8-12-7-6-11-4-2-3-5-13(11)17-12/h2-7,10H,8-9H2,1H3,(H2,16,19)/t10-/m1/s1. The van der Waals surface area contributed by atoms with E-state index < -0.39 is 18.0 Å². The molecule has 2 rings (SSSR count). The number of nitrogens with zero attached hydrogens (tertiary/aromatic N) is 1. The Morgan fingerprint density at radius 2 is 2.00 bits per heavy atom. The summed E-state index contributed by atoms with van der Waals surface area (Å²) in [4.78, 5) is 26.8. The number of para-hydroxylation sites is 1. The van der Waals surface area contributed by atoms with Crippen LogP contribution in [0.4, 0.5) is 0 Å². The van der Waals surface area contributed by atoms with Crippen molar-refractivity contribution in [3.63, 3.8) is 0 Å². The number of rotatable bonds is 5. The number of ether oxygens (including phenoxy) is 1. The van der Waals surface area contributed by atoms with Gasteiger partial charge in [-0.2, -0.15) is 0 Å². The molecule has 0 saturated carbocycles. The summed E-state index contributed by atoms with van der Waals surface area (Å²) in [6, 6.07) is 11.6. The van der Waals surface area contributed by atoms with Gasteiger partial charge in [0.05, 0.1) is 11.9 Å². The molecule has 0 bridgehead atoms. The van der Waals surface area contributed by atoms with Crippen LogP contribution in [0.2, 0.25) is 0 Å². The third-order valence-electron chi connectivity index (χ3n) is 2.95. The van der Waals surface area contributed by atoms with Gasteiger partial charge in [0.25, 0.3) is 5.91 Å². The molecule has 1 atom stereocenters. The lowest BCUT2D eigenvalue weighted by Gasteiger charge is -2.09. The number of pyridine rings is 1. The van der Waals surface area contributed by atoms with E-state index in [0.717, 1.165) is 16.6 Å². The van der Waals surface area contributed by atoms with Crippen LogP contribution >= 0.6 is 0 Å². The summed E-state index contributed by atoms with van der Waals surface area (Å²) in [6.07, 6.45) is -0.259. The van der Waals surface area contributed by atoms with Gasteiger partial charge >= 0.3 is 5.97 Å². The van der Waals surface area contributed by atoms with Gasteiger partial charge in [-0.15, -0.1) is 0 Å². The van der Waals surface area contributed by atoms with Gasteiger partial charge in [-0.25, -0.2) is 0 Å². The summed E-state index contributed by atoms with van der Waals surface area (Å²) in [5, 5.41) is 1.06. The summed E-state index contributed by atoms with van der Waals surface area (Å²) in [5.74, 6) is -1.10. The lowest BCUT2D eigenvalue weighted by Crippen LogP contribution is -2.30. The van der Waals surface area contributed by atoms with Crippen LogP contribution in [0.5, 0.6) is 0 Å². The van der Waals surface area contributed by atoms with Gasteiger partial charge in [-0.3, -0.25) is 14.6 Å². The fourth-order valence-corrected chi connectivity index (χ4v) is 1.79. The Labute approximate surface area is 116 Å². The molecule has 0 aliphatic rings. The highest BCUT2D eigenvalue weighted by molar-refractivity contribution is 5.82. The van der Waals surface area contributed by atoms with Crippen molar-refractivity contribution in [2.24, 2.45) is 5.73 Å². The zero-order valence-corrected chi connectivity index (χ0v) is 11.2. The monoisotopic (exact) mass is 272 g/mol. The summed E-state index contributed by atoms with van der Waals surface area (Å²) in [7, 11) is 0. The van der Waals surface area contributed by atoms with E-state index in [9.17, 15) is 9.59 Å². The average molecular weight is 272 g/mol. The first-order chi connectivity index (χ1) is 9.56. The van der Waals surface area contributed by atoms with Crippen molar-refractivity contribution < 1.29 is 14.3 Å². The molecule has 1 aromatic carbocycles. The average Bonchev–Trinajstić information content (AvgIpc) is 2.44. The molecule has 5 nitrogen and oxygen atoms in total. The third-order valence-corrected chi connectivity index (χ3v) is 2.95. The number of nitrogens with two attached hydrogens (primary N) is 1. The van der Waals surface area contributed by atoms with E-state index in [1.54, 1.807) is 0 Å². The minimum Gasteiger partial charge on any atom is -0.453 e. The minimum atomic E-state index is -0.896. The van der Waals surface area contributed by atoms with Crippen LogP contribution in [-0.4, -0.2) is 23.0 Å². The zero-order valence-electron chi connectivity index (χ0n) is 11.2. The van der Waals surface area contributed by atoms with Gasteiger partial charge in [0.2, 0.25) is 0 Å². The van der Waals surface area contributed by atoms with Crippen LogP contribution in [0.1, 0.15) is 19.0 Å². The molecular formula is C15H16N2O3. The van der Waals surface area contributed by atoms with Crippen LogP contribution in [0.15, 0.2) is 36.4 Å². The van der Waals surface area contributed by atoms with Gasteiger partial charge < -0.3 is 10.5 Å². The molecular weight excluding hydrogens is 256 g/mol. The molecule has 0 aliphatic carbocycles. The van der Waals surface area contributed by atoms with Crippen molar-refractivity contribution in [3.05, 3.63) is 42.1 Å². The first kappa shape index (κ1) is 14.0. The van der Waals surface area contributed by atoms with E-state index in [4.69, 9.17) is 10.5 Å². The SMILES string of the molecule is C[C@@H](OC(=O)CCc1ccc2ccccc2n1)C(N)=O. The summed E-state index contributed by atoms with van der Waals surface area (Å²) >= 11 is 0. The van der Waals surface area contributed by atoms with E-state index in [2.05, 4.69) is 4.98 Å². The number of hydrogen-bond donors (Lipinski definition) is 1. The Morgan fingerprint density at radius 1 is 1.25 bits per heavy atom. The molecule has 2 aromatic rings. The summed E-state index contributed by atoms with van der Waals surface area (Å²) < 4.78 is 4.88. The van der Waals surface area contributed by atoms with E-state index in [1.165, 1.54) is 6.92 Å². The third kappa shape index (κ3) is 3.54. The second-order valence-corrected chi connectivity index (χ2v) is 4.53. The molecule has 20 heavy (non-hydrogen) atoms. The summed E-state index contributed by atoms with van der Waals surface area (Å²) in [5.41, 5.74) is 6.73.